The molecule has 0 unspecified atom stereocenters. The van der Waals surface area contributed by atoms with Gasteiger partial charge < -0.3 is 15.0 Å². The zero-order valence-corrected chi connectivity index (χ0v) is 13.6. The van der Waals surface area contributed by atoms with Crippen molar-refractivity contribution in [2.24, 2.45) is 5.92 Å². The third-order valence-corrected chi connectivity index (χ3v) is 5.27. The molecule has 4 rings (SSSR count). The lowest BCUT2D eigenvalue weighted by molar-refractivity contribution is 0.257. The summed E-state index contributed by atoms with van der Waals surface area (Å²) in [7, 11) is 0. The maximum atomic E-state index is 12.7. The van der Waals surface area contributed by atoms with Gasteiger partial charge in [0.2, 0.25) is 0 Å². The van der Waals surface area contributed by atoms with E-state index in [4.69, 9.17) is 0 Å². The van der Waals surface area contributed by atoms with E-state index in [1.807, 2.05) is 18.4 Å². The third-order valence-electron chi connectivity index (χ3n) is 5.27. The number of phenols is 1. The van der Waals surface area contributed by atoms with Crippen LogP contribution in [0.4, 0.5) is 0 Å². The Labute approximate surface area is 135 Å². The van der Waals surface area contributed by atoms with E-state index >= 15 is 0 Å². The van der Waals surface area contributed by atoms with Gasteiger partial charge >= 0.3 is 0 Å². The molecule has 2 N–H and O–H groups in total. The molecule has 2 aromatic rings. The van der Waals surface area contributed by atoms with E-state index in [2.05, 4.69) is 11.4 Å². The molecule has 4 nitrogen and oxygen atoms in total. The van der Waals surface area contributed by atoms with Gasteiger partial charge in [-0.2, -0.15) is 0 Å². The van der Waals surface area contributed by atoms with Gasteiger partial charge in [0, 0.05) is 30.8 Å². The smallest absolute Gasteiger partial charge is 0.251 e. The lowest BCUT2D eigenvalue weighted by Crippen LogP contribution is -2.44. The minimum atomic E-state index is 0.0981. The van der Waals surface area contributed by atoms with Crippen LogP contribution >= 0.6 is 0 Å². The molecule has 0 aliphatic carbocycles. The zero-order chi connectivity index (χ0) is 16.1. The average Bonchev–Trinajstić information content (AvgIpc) is 2.48. The number of hydrogen-bond donors (Lipinski definition) is 2. The van der Waals surface area contributed by atoms with Gasteiger partial charge in [0.05, 0.1) is 0 Å². The van der Waals surface area contributed by atoms with Crippen molar-refractivity contribution in [3.8, 4) is 16.9 Å². The van der Waals surface area contributed by atoms with Crippen LogP contribution in [0.25, 0.3) is 11.1 Å². The number of rotatable bonds is 1. The molecular weight excluding hydrogens is 288 g/mol. The fourth-order valence-electron chi connectivity index (χ4n) is 4.34. The minimum Gasteiger partial charge on any atom is -0.508 e. The number of fused-ring (bicyclic) bond motifs is 4. The summed E-state index contributed by atoms with van der Waals surface area (Å²) < 4.78 is 1.97. The molecule has 2 aliphatic rings. The van der Waals surface area contributed by atoms with Crippen molar-refractivity contribution < 1.29 is 5.11 Å². The summed E-state index contributed by atoms with van der Waals surface area (Å²) in [5.74, 6) is 1.27. The number of phenolic OH excluding ortho intramolecular Hbond substituents is 1. The van der Waals surface area contributed by atoms with Crippen LogP contribution in [0.3, 0.4) is 0 Å². The van der Waals surface area contributed by atoms with Crippen molar-refractivity contribution in [3.63, 3.8) is 0 Å². The van der Waals surface area contributed by atoms with Crippen molar-refractivity contribution in [2.45, 2.75) is 32.7 Å². The molecule has 120 valence electrons. The Kier molecular flexibility index (Phi) is 3.31. The predicted molar refractivity (Wildman–Crippen MR) is 91.0 cm³/mol. The van der Waals surface area contributed by atoms with Crippen LogP contribution in [0.1, 0.15) is 29.2 Å². The van der Waals surface area contributed by atoms with Crippen LogP contribution in [-0.2, 0) is 6.54 Å². The maximum absolute atomic E-state index is 12.7. The van der Waals surface area contributed by atoms with E-state index in [1.54, 1.807) is 18.2 Å². The SMILES string of the molecule is Cc1cc(O)cc(C)c1-c1cc2n(c(=O)c1)C[C@@H]1CNC[C@H]2C1. The van der Waals surface area contributed by atoms with Gasteiger partial charge in [0.25, 0.3) is 5.56 Å². The summed E-state index contributed by atoms with van der Waals surface area (Å²) in [6.07, 6.45) is 1.17. The molecule has 1 aromatic carbocycles. The first kappa shape index (κ1) is 14.5. The Hall–Kier alpha value is -2.07. The molecule has 1 saturated heterocycles. The van der Waals surface area contributed by atoms with Crippen LogP contribution in [0, 0.1) is 19.8 Å². The summed E-state index contributed by atoms with van der Waals surface area (Å²) >= 11 is 0. The van der Waals surface area contributed by atoms with Crippen LogP contribution in [0.2, 0.25) is 0 Å². The predicted octanol–water partition coefficient (Wildman–Crippen LogP) is 2.54. The summed E-state index contributed by atoms with van der Waals surface area (Å²) in [6, 6.07) is 7.46. The molecule has 0 amide bonds. The molecule has 1 aromatic heterocycles. The van der Waals surface area contributed by atoms with E-state index in [0.717, 1.165) is 47.6 Å². The van der Waals surface area contributed by atoms with Crippen LogP contribution < -0.4 is 10.9 Å². The molecule has 1 fully saturated rings. The molecule has 0 saturated carbocycles. The zero-order valence-electron chi connectivity index (χ0n) is 13.6. The van der Waals surface area contributed by atoms with Crippen LogP contribution in [0.15, 0.2) is 29.1 Å². The first-order chi connectivity index (χ1) is 11.0. The fraction of sp³-hybridized carbons (Fsp3) is 0.421. The molecular formula is C19H22N2O2. The maximum Gasteiger partial charge on any atom is 0.251 e. The monoisotopic (exact) mass is 310 g/mol. The van der Waals surface area contributed by atoms with Crippen molar-refractivity contribution in [3.05, 3.63) is 51.4 Å². The summed E-state index contributed by atoms with van der Waals surface area (Å²) in [4.78, 5) is 12.7. The lowest BCUT2D eigenvalue weighted by atomic mass is 9.83. The number of aryl methyl sites for hydroxylation is 2. The highest BCUT2D eigenvalue weighted by Gasteiger charge is 2.31. The van der Waals surface area contributed by atoms with E-state index in [9.17, 15) is 9.90 Å². The molecule has 2 bridgehead atoms. The van der Waals surface area contributed by atoms with E-state index in [1.165, 1.54) is 6.42 Å². The lowest BCUT2D eigenvalue weighted by Gasteiger charge is -2.37. The van der Waals surface area contributed by atoms with Gasteiger partial charge in [0.15, 0.2) is 0 Å². The first-order valence-electron chi connectivity index (χ1n) is 8.29. The second-order valence-electron chi connectivity index (χ2n) is 7.03. The average molecular weight is 310 g/mol. The van der Waals surface area contributed by atoms with Crippen molar-refractivity contribution in [1.29, 1.82) is 0 Å². The van der Waals surface area contributed by atoms with Crippen molar-refractivity contribution in [2.75, 3.05) is 13.1 Å². The molecule has 3 heterocycles. The molecule has 23 heavy (non-hydrogen) atoms. The first-order valence-corrected chi connectivity index (χ1v) is 8.29. The number of nitrogens with zero attached hydrogens (tertiary/aromatic N) is 1. The summed E-state index contributed by atoms with van der Waals surface area (Å²) in [6.45, 7) is 6.76. The van der Waals surface area contributed by atoms with Gasteiger partial charge in [0.1, 0.15) is 5.75 Å². The number of pyridine rings is 1. The highest BCUT2D eigenvalue weighted by Crippen LogP contribution is 2.36. The van der Waals surface area contributed by atoms with E-state index in [-0.39, 0.29) is 11.3 Å². The normalized spacial score (nSPS) is 22.7. The van der Waals surface area contributed by atoms with Crippen molar-refractivity contribution >= 4 is 0 Å². The standard InChI is InChI=1S/C19H22N2O2/c1-11-3-16(22)4-12(2)19(11)14-6-17-15-5-13(8-20-9-15)10-21(17)18(23)7-14/h3-4,6-7,13,15,20,22H,5,8-10H2,1-2H3/t13-,15+/m0/s1. The molecule has 0 radical (unpaired) electrons. The summed E-state index contributed by atoms with van der Waals surface area (Å²) in [5, 5.41) is 13.2. The Balaban J connectivity index is 1.90. The topological polar surface area (TPSA) is 54.3 Å². The second-order valence-corrected chi connectivity index (χ2v) is 7.03. The van der Waals surface area contributed by atoms with Crippen LogP contribution in [-0.4, -0.2) is 22.8 Å². The van der Waals surface area contributed by atoms with E-state index < -0.39 is 0 Å². The summed E-state index contributed by atoms with van der Waals surface area (Å²) in [5.41, 5.74) is 5.29. The Morgan fingerprint density at radius 3 is 2.61 bits per heavy atom. The fourth-order valence-corrected chi connectivity index (χ4v) is 4.34. The molecule has 4 heteroatoms. The number of hydrogen-bond acceptors (Lipinski definition) is 3. The van der Waals surface area contributed by atoms with Gasteiger partial charge in [-0.15, -0.1) is 0 Å². The third kappa shape index (κ3) is 2.38. The molecule has 0 spiro atoms. The van der Waals surface area contributed by atoms with Gasteiger partial charge in [-0.25, -0.2) is 0 Å². The minimum absolute atomic E-state index is 0.0981. The second kappa shape index (κ2) is 5.24. The van der Waals surface area contributed by atoms with E-state index in [0.29, 0.717) is 11.8 Å². The van der Waals surface area contributed by atoms with Crippen molar-refractivity contribution in [1.82, 2.24) is 9.88 Å². The Bertz CT molecular complexity index is 815. The highest BCUT2D eigenvalue weighted by atomic mass is 16.3. The van der Waals surface area contributed by atoms with Gasteiger partial charge in [-0.05, 0) is 73.2 Å². The number of piperidine rings is 1. The van der Waals surface area contributed by atoms with Crippen LogP contribution in [0.5, 0.6) is 5.75 Å². The number of aromatic nitrogens is 1. The largest absolute Gasteiger partial charge is 0.508 e. The Morgan fingerprint density at radius 1 is 1.13 bits per heavy atom. The van der Waals surface area contributed by atoms with Gasteiger partial charge in [-0.1, -0.05) is 0 Å². The quantitative estimate of drug-likeness (QED) is 0.851. The molecule has 2 atom stereocenters. The number of nitrogens with one attached hydrogen (secondary N) is 1. The number of aromatic hydroxyl groups is 1. The van der Waals surface area contributed by atoms with Gasteiger partial charge in [-0.3, -0.25) is 4.79 Å². The molecule has 2 aliphatic heterocycles. The highest BCUT2D eigenvalue weighted by molar-refractivity contribution is 5.72. The Morgan fingerprint density at radius 2 is 1.87 bits per heavy atom. The number of benzene rings is 1.